The summed E-state index contributed by atoms with van der Waals surface area (Å²) >= 11 is 0. The molecule has 0 amide bonds. The Morgan fingerprint density at radius 3 is 2.50 bits per heavy atom. The highest BCUT2D eigenvalue weighted by Crippen LogP contribution is 1.75. The lowest BCUT2D eigenvalue weighted by Gasteiger charge is -2.06. The number of hydrogen-bond donors (Lipinski definition) is 4. The minimum atomic E-state index is -1.13. The highest BCUT2D eigenvalue weighted by atomic mass is 16.4. The van der Waals surface area contributed by atoms with Crippen LogP contribution in [0, 0.1) is 0 Å². The molecule has 1 unspecified atom stereocenters. The van der Waals surface area contributed by atoms with Crippen molar-refractivity contribution in [2.24, 2.45) is 5.73 Å². The standard InChI is InChI=1S/C6H12N2O4/c7-5(6(11)12)2-8-1-4(10)3-9/h5,8-9H,1-3,7H2,(H,11,12). The Kier molecular flexibility index (Phi) is 5.18. The van der Waals surface area contributed by atoms with E-state index in [9.17, 15) is 9.59 Å². The van der Waals surface area contributed by atoms with Gasteiger partial charge in [0, 0.05) is 6.54 Å². The molecule has 0 aromatic rings. The highest BCUT2D eigenvalue weighted by Gasteiger charge is 2.10. The van der Waals surface area contributed by atoms with E-state index in [0.717, 1.165) is 0 Å². The molecule has 0 heterocycles. The summed E-state index contributed by atoms with van der Waals surface area (Å²) in [7, 11) is 0. The third-order valence-electron chi connectivity index (χ3n) is 1.18. The van der Waals surface area contributed by atoms with Crippen LogP contribution in [0.5, 0.6) is 0 Å². The molecule has 0 aromatic heterocycles. The Morgan fingerprint density at radius 1 is 1.50 bits per heavy atom. The van der Waals surface area contributed by atoms with E-state index in [1.807, 2.05) is 0 Å². The van der Waals surface area contributed by atoms with E-state index in [4.69, 9.17) is 15.9 Å². The number of carboxylic acids is 1. The number of ketones is 1. The molecule has 6 heteroatoms. The summed E-state index contributed by atoms with van der Waals surface area (Å²) in [6.07, 6.45) is 0. The molecule has 5 N–H and O–H groups in total. The summed E-state index contributed by atoms with van der Waals surface area (Å²) < 4.78 is 0. The van der Waals surface area contributed by atoms with Crippen LogP contribution >= 0.6 is 0 Å². The van der Waals surface area contributed by atoms with E-state index < -0.39 is 24.4 Å². The molecule has 1 atom stereocenters. The predicted octanol–water partition coefficient (Wildman–Crippen LogP) is -2.45. The van der Waals surface area contributed by atoms with Gasteiger partial charge in [0.05, 0.1) is 6.54 Å². The second-order valence-electron chi connectivity index (χ2n) is 2.27. The number of aliphatic hydroxyl groups is 1. The second kappa shape index (κ2) is 5.64. The van der Waals surface area contributed by atoms with Crippen LogP contribution in [0.1, 0.15) is 0 Å². The van der Waals surface area contributed by atoms with Gasteiger partial charge in [-0.15, -0.1) is 0 Å². The summed E-state index contributed by atoms with van der Waals surface area (Å²) in [6.45, 7) is -0.589. The molecular weight excluding hydrogens is 164 g/mol. The average molecular weight is 176 g/mol. The molecule has 12 heavy (non-hydrogen) atoms. The minimum Gasteiger partial charge on any atom is -0.480 e. The minimum absolute atomic E-state index is 0.0150. The average Bonchev–Trinajstić information content (AvgIpc) is 2.03. The Balaban J connectivity index is 3.43. The highest BCUT2D eigenvalue weighted by molar-refractivity contribution is 5.81. The molecule has 0 bridgehead atoms. The van der Waals surface area contributed by atoms with Gasteiger partial charge in [-0.2, -0.15) is 0 Å². The summed E-state index contributed by atoms with van der Waals surface area (Å²) in [4.78, 5) is 20.6. The van der Waals surface area contributed by atoms with E-state index in [1.54, 1.807) is 0 Å². The molecule has 0 rings (SSSR count). The topological polar surface area (TPSA) is 113 Å². The van der Waals surface area contributed by atoms with Crippen LogP contribution in [-0.2, 0) is 9.59 Å². The second-order valence-corrected chi connectivity index (χ2v) is 2.27. The Labute approximate surface area is 69.4 Å². The Hall–Kier alpha value is -0.980. The van der Waals surface area contributed by atoms with Crippen molar-refractivity contribution in [3.63, 3.8) is 0 Å². The van der Waals surface area contributed by atoms with Gasteiger partial charge in [-0.3, -0.25) is 9.59 Å². The largest absolute Gasteiger partial charge is 0.480 e. The fourth-order valence-corrected chi connectivity index (χ4v) is 0.510. The van der Waals surface area contributed by atoms with E-state index >= 15 is 0 Å². The number of carbonyl (C=O) groups is 2. The van der Waals surface area contributed by atoms with Crippen molar-refractivity contribution in [1.82, 2.24) is 5.32 Å². The van der Waals surface area contributed by atoms with Crippen LogP contribution in [0.4, 0.5) is 0 Å². The Bertz CT molecular complexity index is 171. The van der Waals surface area contributed by atoms with Crippen LogP contribution < -0.4 is 11.1 Å². The van der Waals surface area contributed by atoms with Crippen LogP contribution in [0.15, 0.2) is 0 Å². The van der Waals surface area contributed by atoms with Gasteiger partial charge in [0.25, 0.3) is 0 Å². The molecule has 0 saturated heterocycles. The quantitative estimate of drug-likeness (QED) is 0.357. The number of aliphatic carboxylic acids is 1. The molecule has 0 radical (unpaired) electrons. The smallest absolute Gasteiger partial charge is 0.321 e. The van der Waals surface area contributed by atoms with Crippen LogP contribution in [-0.4, -0.2) is 47.7 Å². The van der Waals surface area contributed by atoms with Gasteiger partial charge in [0.2, 0.25) is 0 Å². The van der Waals surface area contributed by atoms with Crippen molar-refractivity contribution in [3.05, 3.63) is 0 Å². The maximum Gasteiger partial charge on any atom is 0.321 e. The first-order valence-electron chi connectivity index (χ1n) is 3.39. The van der Waals surface area contributed by atoms with Crippen LogP contribution in [0.2, 0.25) is 0 Å². The molecular formula is C6H12N2O4. The van der Waals surface area contributed by atoms with Crippen molar-refractivity contribution in [1.29, 1.82) is 0 Å². The van der Waals surface area contributed by atoms with Gasteiger partial charge in [0.15, 0.2) is 5.78 Å². The first kappa shape index (κ1) is 11.0. The number of hydrogen-bond acceptors (Lipinski definition) is 5. The van der Waals surface area contributed by atoms with Gasteiger partial charge >= 0.3 is 5.97 Å². The molecule has 6 nitrogen and oxygen atoms in total. The maximum atomic E-state index is 10.5. The molecule has 0 aliphatic rings. The van der Waals surface area contributed by atoms with Gasteiger partial charge in [-0.05, 0) is 0 Å². The summed E-state index contributed by atoms with van der Waals surface area (Å²) in [5, 5.41) is 19.1. The molecule has 0 fully saturated rings. The lowest BCUT2D eigenvalue weighted by Crippen LogP contribution is -2.42. The monoisotopic (exact) mass is 176 g/mol. The zero-order valence-electron chi connectivity index (χ0n) is 6.49. The third-order valence-corrected chi connectivity index (χ3v) is 1.18. The molecule has 70 valence electrons. The van der Waals surface area contributed by atoms with E-state index in [0.29, 0.717) is 0 Å². The molecule has 0 aliphatic heterocycles. The zero-order chi connectivity index (χ0) is 9.56. The van der Waals surface area contributed by atoms with Gasteiger partial charge in [0.1, 0.15) is 12.6 Å². The fraction of sp³-hybridized carbons (Fsp3) is 0.667. The van der Waals surface area contributed by atoms with E-state index in [2.05, 4.69) is 5.32 Å². The Morgan fingerprint density at radius 2 is 2.08 bits per heavy atom. The van der Waals surface area contributed by atoms with E-state index in [1.165, 1.54) is 0 Å². The number of nitrogens with one attached hydrogen (secondary N) is 1. The van der Waals surface area contributed by atoms with Crippen LogP contribution in [0.25, 0.3) is 0 Å². The SMILES string of the molecule is NC(CNCC(=O)CO)C(=O)O. The van der Waals surface area contributed by atoms with Crippen molar-refractivity contribution >= 4 is 11.8 Å². The fourth-order valence-electron chi connectivity index (χ4n) is 0.510. The molecule has 0 saturated carbocycles. The summed E-state index contributed by atoms with van der Waals surface area (Å²) in [5.41, 5.74) is 5.11. The number of Topliss-reactive ketones (excluding diaryl/α,β-unsaturated/α-hetero) is 1. The van der Waals surface area contributed by atoms with Crippen molar-refractivity contribution < 1.29 is 19.8 Å². The van der Waals surface area contributed by atoms with Gasteiger partial charge in [-0.1, -0.05) is 0 Å². The summed E-state index contributed by atoms with van der Waals surface area (Å²) in [6, 6.07) is -1.02. The number of aliphatic hydroxyl groups excluding tert-OH is 1. The lowest BCUT2D eigenvalue weighted by atomic mass is 10.3. The van der Waals surface area contributed by atoms with Crippen molar-refractivity contribution in [2.45, 2.75) is 6.04 Å². The zero-order valence-corrected chi connectivity index (χ0v) is 6.49. The predicted molar refractivity (Wildman–Crippen MR) is 40.6 cm³/mol. The number of rotatable bonds is 6. The van der Waals surface area contributed by atoms with Crippen molar-refractivity contribution in [2.75, 3.05) is 19.7 Å². The lowest BCUT2D eigenvalue weighted by molar-refractivity contribution is -0.138. The van der Waals surface area contributed by atoms with Gasteiger partial charge in [-0.25, -0.2) is 0 Å². The summed E-state index contributed by atoms with van der Waals surface area (Å²) in [5.74, 6) is -1.52. The number of nitrogens with two attached hydrogens (primary N) is 1. The van der Waals surface area contributed by atoms with Gasteiger partial charge < -0.3 is 21.3 Å². The molecule has 0 aromatic carbocycles. The van der Waals surface area contributed by atoms with E-state index in [-0.39, 0.29) is 13.1 Å². The third kappa shape index (κ3) is 4.78. The van der Waals surface area contributed by atoms with Crippen molar-refractivity contribution in [3.8, 4) is 0 Å². The first-order valence-corrected chi connectivity index (χ1v) is 3.39. The number of carbonyl (C=O) groups excluding carboxylic acids is 1. The molecule has 0 spiro atoms. The number of carboxylic acid groups (broad SMARTS) is 1. The maximum absolute atomic E-state index is 10.5. The normalized spacial score (nSPS) is 12.5. The molecule has 0 aliphatic carbocycles. The van der Waals surface area contributed by atoms with Crippen LogP contribution in [0.3, 0.4) is 0 Å². The first-order chi connectivity index (χ1) is 5.57.